The van der Waals surface area contributed by atoms with Gasteiger partial charge >= 0.3 is 5.97 Å². The van der Waals surface area contributed by atoms with Crippen LogP contribution in [0, 0.1) is 0 Å². The molecule has 0 fully saturated rings. The van der Waals surface area contributed by atoms with Gasteiger partial charge in [-0.05, 0) is 59.9 Å². The third-order valence-corrected chi connectivity index (χ3v) is 6.50. The number of rotatable bonds is 9. The maximum atomic E-state index is 11.2. The lowest BCUT2D eigenvalue weighted by molar-refractivity contribution is -0.139. The molecule has 0 aromatic heterocycles. The second-order valence-electron chi connectivity index (χ2n) is 8.68. The highest BCUT2D eigenvalue weighted by Gasteiger charge is 2.35. The highest BCUT2D eigenvalue weighted by molar-refractivity contribution is 5.68. The molecule has 0 amide bonds. The summed E-state index contributed by atoms with van der Waals surface area (Å²) in [6, 6.07) is 18.0. The Morgan fingerprint density at radius 1 is 0.914 bits per heavy atom. The summed E-state index contributed by atoms with van der Waals surface area (Å²) >= 11 is 0. The summed E-state index contributed by atoms with van der Waals surface area (Å²) < 4.78 is 28.2. The molecule has 0 saturated carbocycles. The van der Waals surface area contributed by atoms with Gasteiger partial charge in [0.25, 0.3) is 0 Å². The monoisotopic (exact) mass is 476 g/mol. The fourth-order valence-electron chi connectivity index (χ4n) is 4.91. The fourth-order valence-corrected chi connectivity index (χ4v) is 4.91. The number of hydrogen-bond acceptors (Lipinski definition) is 6. The van der Waals surface area contributed by atoms with Crippen molar-refractivity contribution in [2.75, 3.05) is 27.1 Å². The van der Waals surface area contributed by atoms with Crippen LogP contribution < -0.4 is 23.7 Å². The molecular weight excluding hydrogens is 448 g/mol. The second kappa shape index (κ2) is 9.78. The Morgan fingerprint density at radius 2 is 1.71 bits per heavy atom. The number of aliphatic carboxylic acids is 1. The van der Waals surface area contributed by atoms with Crippen molar-refractivity contribution in [1.82, 2.24) is 0 Å². The molecule has 3 aromatic carbocycles. The van der Waals surface area contributed by atoms with Gasteiger partial charge in [0, 0.05) is 23.5 Å². The molecule has 0 spiro atoms. The highest BCUT2D eigenvalue weighted by Crippen LogP contribution is 2.52. The van der Waals surface area contributed by atoms with E-state index in [-0.39, 0.29) is 18.6 Å². The van der Waals surface area contributed by atoms with E-state index in [1.807, 2.05) is 24.3 Å². The van der Waals surface area contributed by atoms with Crippen LogP contribution in [0.15, 0.2) is 54.6 Å². The van der Waals surface area contributed by atoms with Gasteiger partial charge in [0.1, 0.15) is 17.2 Å². The van der Waals surface area contributed by atoms with Gasteiger partial charge in [-0.3, -0.25) is 0 Å². The fraction of sp³-hybridized carbons (Fsp3) is 0.321. The number of hydrogen-bond donors (Lipinski definition) is 1. The van der Waals surface area contributed by atoms with Gasteiger partial charge in [0.05, 0.1) is 13.7 Å². The number of carboxylic acids is 1. The molecule has 0 radical (unpaired) electrons. The molecule has 1 aliphatic carbocycles. The largest absolute Gasteiger partial charge is 0.497 e. The molecule has 35 heavy (non-hydrogen) atoms. The van der Waals surface area contributed by atoms with E-state index in [1.165, 1.54) is 5.56 Å². The summed E-state index contributed by atoms with van der Waals surface area (Å²) in [5.41, 5.74) is 4.41. The smallest absolute Gasteiger partial charge is 0.341 e. The molecule has 182 valence electrons. The van der Waals surface area contributed by atoms with Gasteiger partial charge in [-0.15, -0.1) is 0 Å². The second-order valence-corrected chi connectivity index (χ2v) is 8.68. The van der Waals surface area contributed by atoms with E-state index in [0.717, 1.165) is 46.8 Å². The zero-order valence-electron chi connectivity index (χ0n) is 19.8. The van der Waals surface area contributed by atoms with Crippen molar-refractivity contribution in [3.05, 3.63) is 76.9 Å². The minimum atomic E-state index is -1.03. The van der Waals surface area contributed by atoms with E-state index in [0.29, 0.717) is 18.1 Å². The Morgan fingerprint density at radius 3 is 2.51 bits per heavy atom. The van der Waals surface area contributed by atoms with E-state index >= 15 is 0 Å². The zero-order chi connectivity index (χ0) is 24.4. The maximum absolute atomic E-state index is 11.2. The summed E-state index contributed by atoms with van der Waals surface area (Å²) in [7, 11) is 1.58. The van der Waals surface area contributed by atoms with Crippen molar-refractivity contribution in [2.24, 2.45) is 0 Å². The van der Waals surface area contributed by atoms with Gasteiger partial charge < -0.3 is 28.8 Å². The number of carbonyl (C=O) groups is 1. The first-order valence-corrected chi connectivity index (χ1v) is 11.8. The number of carboxylic acid groups (broad SMARTS) is 1. The van der Waals surface area contributed by atoms with Crippen molar-refractivity contribution in [1.29, 1.82) is 0 Å². The Kier molecular flexibility index (Phi) is 6.40. The molecule has 1 N–H and O–H groups in total. The summed E-state index contributed by atoms with van der Waals surface area (Å²) in [4.78, 5) is 11.2. The normalized spacial score (nSPS) is 17.7. The van der Waals surface area contributed by atoms with E-state index in [4.69, 9.17) is 23.7 Å². The predicted octanol–water partition coefficient (Wildman–Crippen LogP) is 5.34. The van der Waals surface area contributed by atoms with Gasteiger partial charge in [-0.25, -0.2) is 4.79 Å². The summed E-state index contributed by atoms with van der Waals surface area (Å²) in [5.74, 6) is 2.53. The van der Waals surface area contributed by atoms with Crippen LogP contribution in [0.4, 0.5) is 0 Å². The molecule has 7 nitrogen and oxygen atoms in total. The molecule has 2 atom stereocenters. The quantitative estimate of drug-likeness (QED) is 0.446. The third-order valence-electron chi connectivity index (χ3n) is 6.50. The number of methoxy groups -OCH3 is 1. The van der Waals surface area contributed by atoms with Gasteiger partial charge in [-0.2, -0.15) is 0 Å². The standard InChI is InChI=1S/C28H28O7/c1-3-10-32-19-6-7-20-22(17-4-9-25-27(11-17)35-16-34-25)14-24(23(20)12-19)21-8-5-18(31-2)13-26(21)33-15-28(29)30/h4-9,11-13,22,24H,3,10,14-16H2,1-2H3,(H,29,30). The highest BCUT2D eigenvalue weighted by atomic mass is 16.7. The van der Waals surface area contributed by atoms with E-state index in [9.17, 15) is 9.90 Å². The van der Waals surface area contributed by atoms with Crippen molar-refractivity contribution >= 4 is 5.97 Å². The van der Waals surface area contributed by atoms with Crippen LogP contribution in [-0.2, 0) is 4.79 Å². The van der Waals surface area contributed by atoms with E-state index in [2.05, 4.69) is 31.2 Å². The minimum absolute atomic E-state index is 0.0136. The van der Waals surface area contributed by atoms with Crippen molar-refractivity contribution < 1.29 is 33.6 Å². The first-order chi connectivity index (χ1) is 17.1. The average molecular weight is 477 g/mol. The van der Waals surface area contributed by atoms with Gasteiger partial charge in [0.15, 0.2) is 18.1 Å². The van der Waals surface area contributed by atoms with Crippen molar-refractivity contribution in [3.63, 3.8) is 0 Å². The van der Waals surface area contributed by atoms with Gasteiger partial charge in [0.2, 0.25) is 6.79 Å². The van der Waals surface area contributed by atoms with Gasteiger partial charge in [-0.1, -0.05) is 25.1 Å². The maximum Gasteiger partial charge on any atom is 0.341 e. The number of benzene rings is 3. The molecule has 1 aliphatic heterocycles. The zero-order valence-corrected chi connectivity index (χ0v) is 19.8. The number of ether oxygens (including phenoxy) is 5. The molecule has 2 unspecified atom stereocenters. The van der Waals surface area contributed by atoms with E-state index < -0.39 is 12.6 Å². The molecular formula is C28H28O7. The average Bonchev–Trinajstić information content (AvgIpc) is 3.50. The van der Waals surface area contributed by atoms with Crippen LogP contribution in [0.3, 0.4) is 0 Å². The molecule has 1 heterocycles. The van der Waals surface area contributed by atoms with Crippen LogP contribution >= 0.6 is 0 Å². The molecule has 0 saturated heterocycles. The van der Waals surface area contributed by atoms with Crippen molar-refractivity contribution in [2.45, 2.75) is 31.6 Å². The van der Waals surface area contributed by atoms with Crippen molar-refractivity contribution in [3.8, 4) is 28.7 Å². The first kappa shape index (κ1) is 22.9. The van der Waals surface area contributed by atoms with Crippen LogP contribution in [0.5, 0.6) is 28.7 Å². The Hall–Kier alpha value is -3.87. The lowest BCUT2D eigenvalue weighted by Gasteiger charge is -2.19. The van der Waals surface area contributed by atoms with Crippen LogP contribution in [0.25, 0.3) is 0 Å². The van der Waals surface area contributed by atoms with Crippen LogP contribution in [-0.4, -0.2) is 38.2 Å². The molecule has 7 heteroatoms. The Bertz CT molecular complexity index is 1240. The molecule has 0 bridgehead atoms. The third kappa shape index (κ3) is 4.58. The molecule has 5 rings (SSSR count). The van der Waals surface area contributed by atoms with Crippen LogP contribution in [0.2, 0.25) is 0 Å². The SMILES string of the molecule is CCCOc1ccc2c(c1)C(c1ccc(OC)cc1OCC(=O)O)CC2c1ccc2c(c1)OCO2. The summed E-state index contributed by atoms with van der Waals surface area (Å²) in [6.45, 7) is 2.53. The Labute approximate surface area is 204 Å². The lowest BCUT2D eigenvalue weighted by Crippen LogP contribution is -2.12. The first-order valence-electron chi connectivity index (χ1n) is 11.8. The Balaban J connectivity index is 1.57. The number of fused-ring (bicyclic) bond motifs is 2. The predicted molar refractivity (Wildman–Crippen MR) is 129 cm³/mol. The molecule has 3 aromatic rings. The summed E-state index contributed by atoms with van der Waals surface area (Å²) in [6.07, 6.45) is 1.72. The lowest BCUT2D eigenvalue weighted by atomic mass is 9.90. The minimum Gasteiger partial charge on any atom is -0.497 e. The summed E-state index contributed by atoms with van der Waals surface area (Å²) in [5, 5.41) is 9.21. The van der Waals surface area contributed by atoms with E-state index in [1.54, 1.807) is 13.2 Å². The topological polar surface area (TPSA) is 83.5 Å². The molecule has 2 aliphatic rings. The van der Waals surface area contributed by atoms with Crippen LogP contribution in [0.1, 0.15) is 53.9 Å².